The lowest BCUT2D eigenvalue weighted by atomic mass is 9.93. The third kappa shape index (κ3) is 4.04. The Labute approximate surface area is 96.0 Å². The minimum atomic E-state index is -0.323. The molecule has 1 aliphatic heterocycles. The van der Waals surface area contributed by atoms with E-state index in [-0.39, 0.29) is 23.8 Å². The molecule has 1 saturated heterocycles. The lowest BCUT2D eigenvalue weighted by molar-refractivity contribution is -0.137. The smallest absolute Gasteiger partial charge is 0.330 e. The lowest BCUT2D eigenvalue weighted by Gasteiger charge is -2.26. The quantitative estimate of drug-likeness (QED) is 0.581. The zero-order valence-electron chi connectivity index (χ0n) is 9.86. The van der Waals surface area contributed by atoms with Gasteiger partial charge in [0.25, 0.3) is 0 Å². The molecule has 1 amide bonds. The van der Waals surface area contributed by atoms with E-state index in [2.05, 4.69) is 5.32 Å². The van der Waals surface area contributed by atoms with Crippen LogP contribution in [0, 0.1) is 5.92 Å². The molecule has 0 spiro atoms. The summed E-state index contributed by atoms with van der Waals surface area (Å²) in [7, 11) is 0. The first-order chi connectivity index (χ1) is 7.63. The molecular formula is C12H19NO3. The van der Waals surface area contributed by atoms with Crippen molar-refractivity contribution in [3.8, 4) is 0 Å². The minimum absolute atomic E-state index is 0.104. The van der Waals surface area contributed by atoms with Crippen LogP contribution in [0.3, 0.4) is 0 Å². The number of carbonyl (C=O) groups excluding carboxylic acids is 2. The third-order valence-electron chi connectivity index (χ3n) is 2.72. The molecule has 90 valence electrons. The molecular weight excluding hydrogens is 206 g/mol. The topological polar surface area (TPSA) is 55.4 Å². The fourth-order valence-electron chi connectivity index (χ4n) is 1.78. The fraction of sp³-hybridized carbons (Fsp3) is 0.667. The van der Waals surface area contributed by atoms with Gasteiger partial charge in [-0.3, -0.25) is 4.79 Å². The second kappa shape index (κ2) is 6.30. The Morgan fingerprint density at radius 3 is 3.06 bits per heavy atom. The minimum Gasteiger partial charge on any atom is -0.463 e. The molecule has 1 heterocycles. The van der Waals surface area contributed by atoms with Crippen LogP contribution in [0.5, 0.6) is 0 Å². The molecule has 0 saturated carbocycles. The van der Waals surface area contributed by atoms with Crippen LogP contribution in [0.15, 0.2) is 12.2 Å². The van der Waals surface area contributed by atoms with Crippen molar-refractivity contribution >= 4 is 11.9 Å². The molecule has 0 unspecified atom stereocenters. The normalized spacial score (nSPS) is 22.9. The van der Waals surface area contributed by atoms with E-state index in [4.69, 9.17) is 4.74 Å². The van der Waals surface area contributed by atoms with Gasteiger partial charge in [0.15, 0.2) is 0 Å². The number of amides is 1. The van der Waals surface area contributed by atoms with Gasteiger partial charge in [-0.25, -0.2) is 4.79 Å². The summed E-state index contributed by atoms with van der Waals surface area (Å²) in [4.78, 5) is 22.3. The van der Waals surface area contributed by atoms with Gasteiger partial charge in [-0.2, -0.15) is 0 Å². The van der Waals surface area contributed by atoms with Gasteiger partial charge >= 0.3 is 5.97 Å². The van der Waals surface area contributed by atoms with E-state index in [9.17, 15) is 9.59 Å². The number of rotatable bonds is 4. The Balaban J connectivity index is 2.41. The molecule has 0 aromatic rings. The van der Waals surface area contributed by atoms with E-state index in [1.54, 1.807) is 13.0 Å². The Bertz CT molecular complexity index is 286. The average molecular weight is 225 g/mol. The largest absolute Gasteiger partial charge is 0.463 e. The van der Waals surface area contributed by atoms with Gasteiger partial charge in [-0.1, -0.05) is 13.0 Å². The Kier molecular flexibility index (Phi) is 5.02. The molecule has 0 aromatic carbocycles. The molecule has 16 heavy (non-hydrogen) atoms. The van der Waals surface area contributed by atoms with E-state index in [0.717, 1.165) is 12.8 Å². The van der Waals surface area contributed by atoms with Crippen LogP contribution >= 0.6 is 0 Å². The molecule has 0 aromatic heterocycles. The number of hydrogen-bond acceptors (Lipinski definition) is 3. The number of esters is 1. The SMILES string of the molecule is CCOC(=O)/C=C/[C@H](C)[C@H]1CCCC(=O)N1. The number of nitrogens with one attached hydrogen (secondary N) is 1. The third-order valence-corrected chi connectivity index (χ3v) is 2.72. The molecule has 1 N–H and O–H groups in total. The van der Waals surface area contributed by atoms with E-state index in [1.807, 2.05) is 6.92 Å². The van der Waals surface area contributed by atoms with Crippen LogP contribution in [0.25, 0.3) is 0 Å². The van der Waals surface area contributed by atoms with Crippen molar-refractivity contribution in [1.82, 2.24) is 5.32 Å². The first kappa shape index (κ1) is 12.7. The Morgan fingerprint density at radius 1 is 1.69 bits per heavy atom. The van der Waals surface area contributed by atoms with Gasteiger partial charge < -0.3 is 10.1 Å². The highest BCUT2D eigenvalue weighted by Gasteiger charge is 2.21. The summed E-state index contributed by atoms with van der Waals surface area (Å²) in [6.07, 6.45) is 5.75. The van der Waals surface area contributed by atoms with Gasteiger partial charge in [0.1, 0.15) is 0 Å². The van der Waals surface area contributed by atoms with Gasteiger partial charge in [0.2, 0.25) is 5.91 Å². The van der Waals surface area contributed by atoms with E-state index in [1.165, 1.54) is 6.08 Å². The van der Waals surface area contributed by atoms with Crippen LogP contribution in [0.4, 0.5) is 0 Å². The highest BCUT2D eigenvalue weighted by Crippen LogP contribution is 2.16. The van der Waals surface area contributed by atoms with Crippen molar-refractivity contribution in [3.05, 3.63) is 12.2 Å². The van der Waals surface area contributed by atoms with Crippen LogP contribution < -0.4 is 5.32 Å². The van der Waals surface area contributed by atoms with Gasteiger partial charge in [0.05, 0.1) is 6.61 Å². The summed E-state index contributed by atoms with van der Waals surface area (Å²) in [6, 6.07) is 0.145. The molecule has 0 radical (unpaired) electrons. The van der Waals surface area contributed by atoms with Crippen molar-refractivity contribution in [3.63, 3.8) is 0 Å². The molecule has 0 aliphatic carbocycles. The summed E-state index contributed by atoms with van der Waals surface area (Å²) < 4.78 is 4.79. The summed E-state index contributed by atoms with van der Waals surface area (Å²) in [5, 5.41) is 2.93. The second-order valence-electron chi connectivity index (χ2n) is 4.04. The number of hydrogen-bond donors (Lipinski definition) is 1. The van der Waals surface area contributed by atoms with Crippen molar-refractivity contribution in [2.75, 3.05) is 6.61 Å². The van der Waals surface area contributed by atoms with Gasteiger partial charge in [-0.05, 0) is 25.7 Å². The summed E-state index contributed by atoms with van der Waals surface area (Å²) in [6.45, 7) is 4.15. The van der Waals surface area contributed by atoms with Crippen LogP contribution in [-0.4, -0.2) is 24.5 Å². The number of carbonyl (C=O) groups is 2. The Morgan fingerprint density at radius 2 is 2.44 bits per heavy atom. The number of ether oxygens (including phenoxy) is 1. The van der Waals surface area contributed by atoms with Crippen LogP contribution in [0.1, 0.15) is 33.1 Å². The zero-order chi connectivity index (χ0) is 12.0. The first-order valence-corrected chi connectivity index (χ1v) is 5.77. The maximum atomic E-state index is 11.2. The van der Waals surface area contributed by atoms with Crippen molar-refractivity contribution in [2.24, 2.45) is 5.92 Å². The molecule has 0 bridgehead atoms. The molecule has 1 rings (SSSR count). The predicted molar refractivity (Wildman–Crippen MR) is 60.7 cm³/mol. The maximum absolute atomic E-state index is 11.2. The molecule has 4 nitrogen and oxygen atoms in total. The van der Waals surface area contributed by atoms with Crippen molar-refractivity contribution in [2.45, 2.75) is 39.2 Å². The summed E-state index contributed by atoms with van der Waals surface area (Å²) in [5.74, 6) is -0.0576. The molecule has 4 heteroatoms. The Hall–Kier alpha value is -1.32. The first-order valence-electron chi connectivity index (χ1n) is 5.77. The van der Waals surface area contributed by atoms with Gasteiger partial charge in [0, 0.05) is 18.5 Å². The van der Waals surface area contributed by atoms with E-state index in [0.29, 0.717) is 13.0 Å². The monoisotopic (exact) mass is 225 g/mol. The predicted octanol–water partition coefficient (Wildman–Crippen LogP) is 1.41. The summed E-state index contributed by atoms with van der Waals surface area (Å²) >= 11 is 0. The van der Waals surface area contributed by atoms with E-state index >= 15 is 0 Å². The highest BCUT2D eigenvalue weighted by atomic mass is 16.5. The highest BCUT2D eigenvalue weighted by molar-refractivity contribution is 5.82. The van der Waals surface area contributed by atoms with Gasteiger partial charge in [-0.15, -0.1) is 0 Å². The van der Waals surface area contributed by atoms with Crippen molar-refractivity contribution < 1.29 is 14.3 Å². The molecule has 2 atom stereocenters. The maximum Gasteiger partial charge on any atom is 0.330 e. The fourth-order valence-corrected chi connectivity index (χ4v) is 1.78. The molecule has 1 fully saturated rings. The van der Waals surface area contributed by atoms with Crippen molar-refractivity contribution in [1.29, 1.82) is 0 Å². The van der Waals surface area contributed by atoms with Crippen LogP contribution in [-0.2, 0) is 14.3 Å². The number of piperidine rings is 1. The standard InChI is InChI=1S/C12H19NO3/c1-3-16-12(15)8-7-9(2)10-5-4-6-11(14)13-10/h7-10H,3-6H2,1-2H3,(H,13,14)/b8-7+/t9-,10+/m0/s1. The lowest BCUT2D eigenvalue weighted by Crippen LogP contribution is -2.42. The zero-order valence-corrected chi connectivity index (χ0v) is 9.86. The second-order valence-corrected chi connectivity index (χ2v) is 4.04. The molecule has 1 aliphatic rings. The van der Waals surface area contributed by atoms with Crippen LogP contribution in [0.2, 0.25) is 0 Å². The summed E-state index contributed by atoms with van der Waals surface area (Å²) in [5.41, 5.74) is 0. The van der Waals surface area contributed by atoms with E-state index < -0.39 is 0 Å². The average Bonchev–Trinajstić information content (AvgIpc) is 2.26.